The van der Waals surface area contributed by atoms with E-state index >= 15 is 0 Å². The number of aryl methyl sites for hydroxylation is 1. The summed E-state index contributed by atoms with van der Waals surface area (Å²) in [6.45, 7) is 1.99. The number of ether oxygens (including phenoxy) is 1. The number of hydrogen-bond acceptors (Lipinski definition) is 3. The predicted octanol–water partition coefficient (Wildman–Crippen LogP) is 2.90. The van der Waals surface area contributed by atoms with E-state index in [0.29, 0.717) is 0 Å². The lowest BCUT2D eigenvalue weighted by molar-refractivity contribution is 0.415. The summed E-state index contributed by atoms with van der Waals surface area (Å²) in [7, 11) is 1.66. The van der Waals surface area contributed by atoms with Crippen molar-refractivity contribution >= 4 is 11.3 Å². The van der Waals surface area contributed by atoms with Gasteiger partial charge in [0.1, 0.15) is 11.4 Å². The van der Waals surface area contributed by atoms with Crippen LogP contribution in [0.3, 0.4) is 0 Å². The number of fused-ring (bicyclic) bond motifs is 1. The first-order valence-electron chi connectivity index (χ1n) is 6.07. The van der Waals surface area contributed by atoms with Crippen LogP contribution in [0.5, 0.6) is 5.75 Å². The normalized spacial score (nSPS) is 10.8. The van der Waals surface area contributed by atoms with Gasteiger partial charge in [0.05, 0.1) is 18.5 Å². The van der Waals surface area contributed by atoms with Gasteiger partial charge in [0.15, 0.2) is 0 Å². The van der Waals surface area contributed by atoms with Crippen LogP contribution in [0.2, 0.25) is 0 Å². The van der Waals surface area contributed by atoms with Crippen LogP contribution in [0.4, 0.5) is 5.69 Å². The molecule has 0 bridgehead atoms. The van der Waals surface area contributed by atoms with E-state index in [1.54, 1.807) is 7.11 Å². The first-order valence-corrected chi connectivity index (χ1v) is 6.07. The van der Waals surface area contributed by atoms with E-state index in [2.05, 4.69) is 4.98 Å². The van der Waals surface area contributed by atoms with Crippen molar-refractivity contribution in [2.75, 3.05) is 12.8 Å². The second-order valence-electron chi connectivity index (χ2n) is 4.46. The minimum absolute atomic E-state index is 0.770. The van der Waals surface area contributed by atoms with Gasteiger partial charge in [-0.25, -0.2) is 4.98 Å². The number of nitrogens with two attached hydrogens (primary N) is 1. The van der Waals surface area contributed by atoms with E-state index in [1.165, 1.54) is 0 Å². The average Bonchev–Trinajstić information content (AvgIpc) is 2.88. The zero-order chi connectivity index (χ0) is 13.4. The van der Waals surface area contributed by atoms with E-state index in [1.807, 2.05) is 53.9 Å². The van der Waals surface area contributed by atoms with Crippen molar-refractivity contribution in [3.05, 3.63) is 48.3 Å². The van der Waals surface area contributed by atoms with Gasteiger partial charge in [-0.15, -0.1) is 0 Å². The summed E-state index contributed by atoms with van der Waals surface area (Å²) in [5, 5.41) is 0. The lowest BCUT2D eigenvalue weighted by atomic mass is 10.2. The van der Waals surface area contributed by atoms with Gasteiger partial charge in [-0.1, -0.05) is 0 Å². The van der Waals surface area contributed by atoms with Crippen LogP contribution < -0.4 is 10.5 Å². The highest BCUT2D eigenvalue weighted by Gasteiger charge is 2.07. The van der Waals surface area contributed by atoms with E-state index in [9.17, 15) is 0 Å². The SMILES string of the molecule is COc1ccc(-c2cn3c(C)c(N)ccc3n2)cc1. The predicted molar refractivity (Wildman–Crippen MR) is 76.3 cm³/mol. The largest absolute Gasteiger partial charge is 0.497 e. The molecule has 2 aromatic heterocycles. The fourth-order valence-corrected chi connectivity index (χ4v) is 2.11. The van der Waals surface area contributed by atoms with Crippen molar-refractivity contribution < 1.29 is 4.74 Å². The van der Waals surface area contributed by atoms with Crippen molar-refractivity contribution in [1.82, 2.24) is 9.38 Å². The third-order valence-corrected chi connectivity index (χ3v) is 3.31. The van der Waals surface area contributed by atoms with Crippen LogP contribution in [-0.2, 0) is 0 Å². The van der Waals surface area contributed by atoms with Gasteiger partial charge in [0.25, 0.3) is 0 Å². The highest BCUT2D eigenvalue weighted by Crippen LogP contribution is 2.23. The molecule has 0 aliphatic carbocycles. The molecule has 0 aliphatic rings. The standard InChI is InChI=1S/C15H15N3O/c1-10-13(16)7-8-15-17-14(9-18(10)15)11-3-5-12(19-2)6-4-11/h3-9H,16H2,1-2H3. The number of imidazole rings is 1. The summed E-state index contributed by atoms with van der Waals surface area (Å²) in [5.41, 5.74) is 10.6. The second-order valence-corrected chi connectivity index (χ2v) is 4.46. The zero-order valence-electron chi connectivity index (χ0n) is 10.9. The summed E-state index contributed by atoms with van der Waals surface area (Å²) in [5.74, 6) is 0.841. The Balaban J connectivity index is 2.12. The first kappa shape index (κ1) is 11.6. The van der Waals surface area contributed by atoms with Crippen LogP contribution in [0.15, 0.2) is 42.6 Å². The minimum atomic E-state index is 0.770. The lowest BCUT2D eigenvalue weighted by Gasteiger charge is -2.02. The molecule has 0 aliphatic heterocycles. The number of anilines is 1. The van der Waals surface area contributed by atoms with Gasteiger partial charge in [0.2, 0.25) is 0 Å². The summed E-state index contributed by atoms with van der Waals surface area (Å²) in [6.07, 6.45) is 2.00. The molecule has 0 spiro atoms. The van der Waals surface area contributed by atoms with Crippen LogP contribution >= 0.6 is 0 Å². The van der Waals surface area contributed by atoms with Crippen molar-refractivity contribution in [2.24, 2.45) is 0 Å². The molecule has 0 atom stereocenters. The number of benzene rings is 1. The summed E-state index contributed by atoms with van der Waals surface area (Å²) >= 11 is 0. The molecule has 0 saturated carbocycles. The molecule has 96 valence electrons. The molecule has 0 radical (unpaired) electrons. The van der Waals surface area contributed by atoms with Gasteiger partial charge in [-0.05, 0) is 43.3 Å². The Morgan fingerprint density at radius 2 is 1.84 bits per heavy atom. The van der Waals surface area contributed by atoms with Crippen molar-refractivity contribution in [1.29, 1.82) is 0 Å². The maximum Gasteiger partial charge on any atom is 0.137 e. The molecule has 4 heteroatoms. The zero-order valence-corrected chi connectivity index (χ0v) is 10.9. The molecular formula is C15H15N3O. The number of nitrogens with zero attached hydrogens (tertiary/aromatic N) is 2. The number of methoxy groups -OCH3 is 1. The van der Waals surface area contributed by atoms with Gasteiger partial charge < -0.3 is 14.9 Å². The molecule has 3 rings (SSSR count). The molecular weight excluding hydrogens is 238 g/mol. The summed E-state index contributed by atoms with van der Waals surface area (Å²) < 4.78 is 7.17. The Labute approximate surface area is 111 Å². The van der Waals surface area contributed by atoms with Crippen LogP contribution in [0.25, 0.3) is 16.9 Å². The van der Waals surface area contributed by atoms with Crippen LogP contribution in [0, 0.1) is 6.92 Å². The number of pyridine rings is 1. The summed E-state index contributed by atoms with van der Waals surface area (Å²) in [6, 6.07) is 11.7. The molecule has 0 saturated heterocycles. The van der Waals surface area contributed by atoms with E-state index in [0.717, 1.165) is 34.0 Å². The molecule has 0 fully saturated rings. The van der Waals surface area contributed by atoms with E-state index < -0.39 is 0 Å². The highest BCUT2D eigenvalue weighted by atomic mass is 16.5. The number of rotatable bonds is 2. The van der Waals surface area contributed by atoms with Crippen molar-refractivity contribution in [2.45, 2.75) is 6.92 Å². The first-order chi connectivity index (χ1) is 9.19. The van der Waals surface area contributed by atoms with Gasteiger partial charge >= 0.3 is 0 Å². The van der Waals surface area contributed by atoms with Gasteiger partial charge in [-0.2, -0.15) is 0 Å². The third kappa shape index (κ3) is 1.91. The number of hydrogen-bond donors (Lipinski definition) is 1. The molecule has 0 unspecified atom stereocenters. The monoisotopic (exact) mass is 253 g/mol. The van der Waals surface area contributed by atoms with Gasteiger partial charge in [0, 0.05) is 17.5 Å². The van der Waals surface area contributed by atoms with Crippen LogP contribution in [-0.4, -0.2) is 16.5 Å². The Hall–Kier alpha value is -2.49. The van der Waals surface area contributed by atoms with Crippen molar-refractivity contribution in [3.63, 3.8) is 0 Å². The molecule has 19 heavy (non-hydrogen) atoms. The minimum Gasteiger partial charge on any atom is -0.497 e. The lowest BCUT2D eigenvalue weighted by Crippen LogP contribution is -1.96. The molecule has 1 aromatic carbocycles. The van der Waals surface area contributed by atoms with E-state index in [4.69, 9.17) is 10.5 Å². The smallest absolute Gasteiger partial charge is 0.137 e. The maximum absolute atomic E-state index is 5.91. The molecule has 3 aromatic rings. The Kier molecular flexibility index (Phi) is 2.63. The second kappa shape index (κ2) is 4.31. The molecule has 2 N–H and O–H groups in total. The fourth-order valence-electron chi connectivity index (χ4n) is 2.11. The summed E-state index contributed by atoms with van der Waals surface area (Å²) in [4.78, 5) is 4.61. The molecule has 4 nitrogen and oxygen atoms in total. The third-order valence-electron chi connectivity index (χ3n) is 3.31. The quantitative estimate of drug-likeness (QED) is 0.764. The Morgan fingerprint density at radius 1 is 1.11 bits per heavy atom. The fraction of sp³-hybridized carbons (Fsp3) is 0.133. The van der Waals surface area contributed by atoms with Crippen LogP contribution in [0.1, 0.15) is 5.69 Å². The number of aromatic nitrogens is 2. The molecule has 0 amide bonds. The highest BCUT2D eigenvalue weighted by molar-refractivity contribution is 5.65. The van der Waals surface area contributed by atoms with Gasteiger partial charge in [-0.3, -0.25) is 0 Å². The average molecular weight is 253 g/mol. The Bertz CT molecular complexity index is 729. The number of nitrogen functional groups attached to an aromatic ring is 1. The maximum atomic E-state index is 5.91. The topological polar surface area (TPSA) is 52.5 Å². The van der Waals surface area contributed by atoms with E-state index in [-0.39, 0.29) is 0 Å². The Morgan fingerprint density at radius 3 is 2.53 bits per heavy atom. The van der Waals surface area contributed by atoms with Crippen molar-refractivity contribution in [3.8, 4) is 17.0 Å². The molecule has 2 heterocycles.